The molecule has 7 heteroatoms. The molecule has 1 N–H and O–H groups in total. The zero-order valence-corrected chi connectivity index (χ0v) is 14.7. The number of halogens is 2. The maximum absolute atomic E-state index is 12.5. The average molecular weight is 359 g/mol. The van der Waals surface area contributed by atoms with E-state index in [-0.39, 0.29) is 29.2 Å². The van der Waals surface area contributed by atoms with Gasteiger partial charge in [0.25, 0.3) is 5.91 Å². The van der Waals surface area contributed by atoms with Crippen LogP contribution in [0.5, 0.6) is 5.75 Å². The van der Waals surface area contributed by atoms with Gasteiger partial charge in [0.15, 0.2) is 5.75 Å². The first-order valence-electron chi connectivity index (χ1n) is 7.58. The number of rotatable bonds is 4. The van der Waals surface area contributed by atoms with Crippen molar-refractivity contribution in [1.29, 1.82) is 0 Å². The number of hydrogen-bond donors (Lipinski definition) is 1. The topological polar surface area (TPSA) is 58.6 Å². The van der Waals surface area contributed by atoms with Crippen LogP contribution in [0.2, 0.25) is 10.0 Å². The summed E-state index contributed by atoms with van der Waals surface area (Å²) in [7, 11) is 1.45. The van der Waals surface area contributed by atoms with E-state index >= 15 is 0 Å². The Hall–Kier alpha value is -1.46. The highest BCUT2D eigenvalue weighted by Crippen LogP contribution is 2.33. The number of ether oxygens (including phenoxy) is 1. The van der Waals surface area contributed by atoms with E-state index in [1.807, 2.05) is 11.8 Å². The maximum Gasteiger partial charge on any atom is 0.256 e. The van der Waals surface area contributed by atoms with Gasteiger partial charge in [0.05, 0.1) is 17.2 Å². The highest BCUT2D eigenvalue weighted by molar-refractivity contribution is 6.37. The fourth-order valence-electron chi connectivity index (χ4n) is 2.70. The molecular formula is C16H20Cl2N2O3. The molecule has 126 valence electrons. The Morgan fingerprint density at radius 1 is 1.26 bits per heavy atom. The molecule has 2 rings (SSSR count). The predicted octanol–water partition coefficient (Wildman–Crippen LogP) is 3.13. The molecule has 1 aromatic rings. The third-order valence-corrected chi connectivity index (χ3v) is 4.59. The van der Waals surface area contributed by atoms with Gasteiger partial charge < -0.3 is 15.0 Å². The van der Waals surface area contributed by atoms with E-state index < -0.39 is 0 Å². The summed E-state index contributed by atoms with van der Waals surface area (Å²) in [5.41, 5.74) is 0.244. The van der Waals surface area contributed by atoms with Crippen LogP contribution in [0, 0.1) is 0 Å². The lowest BCUT2D eigenvalue weighted by molar-refractivity contribution is -0.131. The molecule has 5 nitrogen and oxygen atoms in total. The van der Waals surface area contributed by atoms with Crippen molar-refractivity contribution in [1.82, 2.24) is 10.2 Å². The Morgan fingerprint density at radius 2 is 1.87 bits per heavy atom. The number of nitrogens with zero attached hydrogens (tertiary/aromatic N) is 1. The Balaban J connectivity index is 2.04. The molecule has 0 saturated carbocycles. The summed E-state index contributed by atoms with van der Waals surface area (Å²) in [5, 5.41) is 3.59. The van der Waals surface area contributed by atoms with Gasteiger partial charge in [-0.05, 0) is 25.0 Å². The van der Waals surface area contributed by atoms with Crippen molar-refractivity contribution < 1.29 is 14.3 Å². The molecule has 0 aromatic heterocycles. The minimum absolute atomic E-state index is 0.00293. The predicted molar refractivity (Wildman–Crippen MR) is 90.4 cm³/mol. The molecule has 0 atom stereocenters. The standard InChI is InChI=1S/C16H20Cl2N2O3/c1-3-13(21)20-8-6-10(7-9-20)19-16(22)14-11(17)4-5-12(18)15(14)23-2/h4-5,10H,3,6-9H2,1-2H3,(H,19,22). The SMILES string of the molecule is CCC(=O)N1CCC(NC(=O)c2c(Cl)ccc(Cl)c2OC)CC1. The first kappa shape index (κ1) is 17.9. The molecule has 1 aliphatic heterocycles. The van der Waals surface area contributed by atoms with Crippen molar-refractivity contribution in [2.75, 3.05) is 20.2 Å². The monoisotopic (exact) mass is 358 g/mol. The number of benzene rings is 1. The first-order valence-corrected chi connectivity index (χ1v) is 8.34. The number of amides is 2. The number of carbonyl (C=O) groups excluding carboxylic acids is 2. The first-order chi connectivity index (χ1) is 11.0. The summed E-state index contributed by atoms with van der Waals surface area (Å²) in [6.07, 6.45) is 1.95. The number of methoxy groups -OCH3 is 1. The number of piperidine rings is 1. The van der Waals surface area contributed by atoms with Crippen molar-refractivity contribution >= 4 is 35.0 Å². The quantitative estimate of drug-likeness (QED) is 0.899. The number of carbonyl (C=O) groups is 2. The minimum atomic E-state index is -0.311. The molecule has 0 unspecified atom stereocenters. The zero-order chi connectivity index (χ0) is 17.0. The van der Waals surface area contributed by atoms with Crippen LogP contribution >= 0.6 is 23.2 Å². The summed E-state index contributed by atoms with van der Waals surface area (Å²) >= 11 is 12.2. The Bertz CT molecular complexity index is 599. The van der Waals surface area contributed by atoms with Crippen molar-refractivity contribution in [3.8, 4) is 5.75 Å². The molecule has 1 fully saturated rings. The van der Waals surface area contributed by atoms with E-state index in [0.29, 0.717) is 29.6 Å². The highest BCUT2D eigenvalue weighted by atomic mass is 35.5. The van der Waals surface area contributed by atoms with Gasteiger partial charge in [0.2, 0.25) is 5.91 Å². The maximum atomic E-state index is 12.5. The van der Waals surface area contributed by atoms with Crippen molar-refractivity contribution in [2.24, 2.45) is 0 Å². The number of hydrogen-bond acceptors (Lipinski definition) is 3. The molecule has 2 amide bonds. The lowest BCUT2D eigenvalue weighted by Gasteiger charge is -2.32. The summed E-state index contributed by atoms with van der Waals surface area (Å²) < 4.78 is 5.20. The van der Waals surface area contributed by atoms with E-state index in [2.05, 4.69) is 5.32 Å². The molecular weight excluding hydrogens is 339 g/mol. The van der Waals surface area contributed by atoms with Gasteiger partial charge in [-0.25, -0.2) is 0 Å². The molecule has 0 spiro atoms. The molecule has 0 bridgehead atoms. The van der Waals surface area contributed by atoms with Gasteiger partial charge in [-0.15, -0.1) is 0 Å². The second-order valence-electron chi connectivity index (χ2n) is 5.42. The summed E-state index contributed by atoms with van der Waals surface area (Å²) in [6.45, 7) is 3.15. The normalized spacial score (nSPS) is 15.4. The second-order valence-corrected chi connectivity index (χ2v) is 6.23. The second kappa shape index (κ2) is 7.88. The van der Waals surface area contributed by atoms with Crippen LogP contribution in [-0.2, 0) is 4.79 Å². The molecule has 1 saturated heterocycles. The molecule has 0 radical (unpaired) electrons. The highest BCUT2D eigenvalue weighted by Gasteiger charge is 2.26. The van der Waals surface area contributed by atoms with Gasteiger partial charge in [-0.1, -0.05) is 30.1 Å². The van der Waals surface area contributed by atoms with E-state index in [4.69, 9.17) is 27.9 Å². The third kappa shape index (κ3) is 4.09. The van der Waals surface area contributed by atoms with E-state index in [9.17, 15) is 9.59 Å². The lowest BCUT2D eigenvalue weighted by atomic mass is 10.0. The van der Waals surface area contributed by atoms with E-state index in [1.165, 1.54) is 7.11 Å². The van der Waals surface area contributed by atoms with Crippen molar-refractivity contribution in [3.05, 3.63) is 27.7 Å². The largest absolute Gasteiger partial charge is 0.494 e. The Labute approximate surface area is 145 Å². The minimum Gasteiger partial charge on any atom is -0.494 e. The van der Waals surface area contributed by atoms with Crippen LogP contribution in [0.4, 0.5) is 0 Å². The van der Waals surface area contributed by atoms with Crippen LogP contribution < -0.4 is 10.1 Å². The van der Waals surface area contributed by atoms with Crippen LogP contribution in [0.3, 0.4) is 0 Å². The van der Waals surface area contributed by atoms with Gasteiger partial charge >= 0.3 is 0 Å². The van der Waals surface area contributed by atoms with Crippen molar-refractivity contribution in [3.63, 3.8) is 0 Å². The van der Waals surface area contributed by atoms with E-state index in [0.717, 1.165) is 12.8 Å². The summed E-state index contributed by atoms with van der Waals surface area (Å²) in [5.74, 6) is 0.110. The fraction of sp³-hybridized carbons (Fsp3) is 0.500. The Morgan fingerprint density at radius 3 is 2.43 bits per heavy atom. The summed E-state index contributed by atoms with van der Waals surface area (Å²) in [4.78, 5) is 26.0. The van der Waals surface area contributed by atoms with E-state index in [1.54, 1.807) is 12.1 Å². The van der Waals surface area contributed by atoms with Crippen LogP contribution in [0.1, 0.15) is 36.5 Å². The fourth-order valence-corrected chi connectivity index (χ4v) is 3.17. The van der Waals surface area contributed by atoms with Crippen molar-refractivity contribution in [2.45, 2.75) is 32.2 Å². The average Bonchev–Trinajstić information content (AvgIpc) is 2.56. The van der Waals surface area contributed by atoms with Crippen LogP contribution in [0.15, 0.2) is 12.1 Å². The lowest BCUT2D eigenvalue weighted by Crippen LogP contribution is -2.46. The summed E-state index contributed by atoms with van der Waals surface area (Å²) in [6, 6.07) is 3.17. The van der Waals surface area contributed by atoms with Gasteiger partial charge in [0, 0.05) is 25.6 Å². The van der Waals surface area contributed by atoms with Gasteiger partial charge in [-0.3, -0.25) is 9.59 Å². The third-order valence-electron chi connectivity index (χ3n) is 3.98. The number of nitrogens with one attached hydrogen (secondary N) is 1. The molecule has 23 heavy (non-hydrogen) atoms. The van der Waals surface area contributed by atoms with Crippen LogP contribution in [0.25, 0.3) is 0 Å². The Kier molecular flexibility index (Phi) is 6.13. The molecule has 1 aromatic carbocycles. The van der Waals surface area contributed by atoms with Gasteiger partial charge in [0.1, 0.15) is 5.56 Å². The van der Waals surface area contributed by atoms with Gasteiger partial charge in [-0.2, -0.15) is 0 Å². The molecule has 1 aliphatic rings. The number of likely N-dealkylation sites (tertiary alicyclic amines) is 1. The smallest absolute Gasteiger partial charge is 0.256 e. The zero-order valence-electron chi connectivity index (χ0n) is 13.2. The molecule has 0 aliphatic carbocycles. The molecule has 1 heterocycles. The van der Waals surface area contributed by atoms with Crippen LogP contribution in [-0.4, -0.2) is 43.0 Å².